The summed E-state index contributed by atoms with van der Waals surface area (Å²) in [6, 6.07) is -0.356. The van der Waals surface area contributed by atoms with Gasteiger partial charge < -0.3 is 15.1 Å². The molecule has 0 aliphatic carbocycles. The molecule has 2 N–H and O–H groups in total. The Labute approximate surface area is 94.6 Å². The number of rotatable bonds is 2. The Balaban J connectivity index is 2.06. The molecular weight excluding hydrogens is 206 g/mol. The average molecular weight is 223 g/mol. The number of hydrogen-bond donors (Lipinski definition) is 1. The van der Waals surface area contributed by atoms with Gasteiger partial charge in [-0.25, -0.2) is 4.98 Å². The number of carbonyl (C=O) groups is 1. The van der Waals surface area contributed by atoms with E-state index in [9.17, 15) is 4.79 Å². The fraction of sp³-hybridized carbons (Fsp3) is 0.636. The van der Waals surface area contributed by atoms with Gasteiger partial charge in [-0.2, -0.15) is 0 Å². The molecule has 1 fully saturated rings. The van der Waals surface area contributed by atoms with Crippen molar-refractivity contribution in [2.24, 2.45) is 5.73 Å². The summed E-state index contributed by atoms with van der Waals surface area (Å²) in [5.41, 5.74) is 6.59. The SMILES string of the molecule is Cc1nc(CN2CCCC(N)C2=O)oc1C. The maximum Gasteiger partial charge on any atom is 0.239 e. The average Bonchev–Trinajstić information content (AvgIpc) is 2.54. The first kappa shape index (κ1) is 11.1. The van der Waals surface area contributed by atoms with E-state index in [1.807, 2.05) is 13.8 Å². The molecule has 1 unspecified atom stereocenters. The molecule has 2 rings (SSSR count). The first-order valence-electron chi connectivity index (χ1n) is 5.55. The van der Waals surface area contributed by atoms with Gasteiger partial charge in [0.15, 0.2) is 0 Å². The monoisotopic (exact) mass is 223 g/mol. The highest BCUT2D eigenvalue weighted by atomic mass is 16.4. The molecule has 1 atom stereocenters. The number of nitrogens with two attached hydrogens (primary N) is 1. The molecule has 0 spiro atoms. The Bertz CT molecular complexity index is 380. The third kappa shape index (κ3) is 2.09. The largest absolute Gasteiger partial charge is 0.444 e. The summed E-state index contributed by atoms with van der Waals surface area (Å²) in [5.74, 6) is 1.40. The molecule has 16 heavy (non-hydrogen) atoms. The molecule has 1 amide bonds. The van der Waals surface area contributed by atoms with Gasteiger partial charge >= 0.3 is 0 Å². The molecule has 0 saturated carbocycles. The second kappa shape index (κ2) is 4.25. The lowest BCUT2D eigenvalue weighted by atomic mass is 10.1. The van der Waals surface area contributed by atoms with Crippen LogP contribution in [0.4, 0.5) is 0 Å². The van der Waals surface area contributed by atoms with E-state index in [-0.39, 0.29) is 11.9 Å². The molecule has 88 valence electrons. The second-order valence-corrected chi connectivity index (χ2v) is 4.26. The van der Waals surface area contributed by atoms with Crippen LogP contribution in [0.5, 0.6) is 0 Å². The van der Waals surface area contributed by atoms with Crippen LogP contribution in [-0.4, -0.2) is 28.4 Å². The van der Waals surface area contributed by atoms with Crippen molar-refractivity contribution in [3.8, 4) is 0 Å². The van der Waals surface area contributed by atoms with E-state index in [1.54, 1.807) is 4.90 Å². The summed E-state index contributed by atoms with van der Waals surface area (Å²) < 4.78 is 5.45. The van der Waals surface area contributed by atoms with Crippen molar-refractivity contribution < 1.29 is 9.21 Å². The molecule has 1 aliphatic heterocycles. The van der Waals surface area contributed by atoms with Gasteiger partial charge in [0, 0.05) is 6.54 Å². The number of amides is 1. The van der Waals surface area contributed by atoms with Gasteiger partial charge in [0.05, 0.1) is 18.3 Å². The van der Waals surface area contributed by atoms with E-state index in [2.05, 4.69) is 4.98 Å². The molecule has 0 radical (unpaired) electrons. The van der Waals surface area contributed by atoms with E-state index in [4.69, 9.17) is 10.2 Å². The number of hydrogen-bond acceptors (Lipinski definition) is 4. The van der Waals surface area contributed by atoms with Gasteiger partial charge in [-0.05, 0) is 26.7 Å². The van der Waals surface area contributed by atoms with Gasteiger partial charge in [0.1, 0.15) is 5.76 Å². The van der Waals surface area contributed by atoms with Crippen molar-refractivity contribution in [3.63, 3.8) is 0 Å². The predicted molar refractivity (Wildman–Crippen MR) is 58.6 cm³/mol. The number of aryl methyl sites for hydroxylation is 2. The number of nitrogens with zero attached hydrogens (tertiary/aromatic N) is 2. The van der Waals surface area contributed by atoms with Crippen molar-refractivity contribution in [2.45, 2.75) is 39.3 Å². The number of likely N-dealkylation sites (tertiary alicyclic amines) is 1. The molecule has 1 saturated heterocycles. The van der Waals surface area contributed by atoms with E-state index in [0.717, 1.165) is 30.8 Å². The first-order chi connectivity index (χ1) is 7.58. The van der Waals surface area contributed by atoms with Crippen LogP contribution in [0.2, 0.25) is 0 Å². The lowest BCUT2D eigenvalue weighted by Crippen LogP contribution is -2.47. The maximum atomic E-state index is 11.8. The van der Waals surface area contributed by atoms with Crippen LogP contribution in [-0.2, 0) is 11.3 Å². The fourth-order valence-electron chi connectivity index (χ4n) is 1.90. The molecule has 1 aromatic rings. The van der Waals surface area contributed by atoms with Gasteiger partial charge in [0.25, 0.3) is 0 Å². The normalized spacial score (nSPS) is 21.6. The Morgan fingerprint density at radius 2 is 2.31 bits per heavy atom. The van der Waals surface area contributed by atoms with Gasteiger partial charge in [-0.3, -0.25) is 4.79 Å². The number of piperidine rings is 1. The zero-order valence-electron chi connectivity index (χ0n) is 9.69. The zero-order valence-corrected chi connectivity index (χ0v) is 9.69. The minimum absolute atomic E-state index is 0.000226. The van der Waals surface area contributed by atoms with Crippen molar-refractivity contribution in [3.05, 3.63) is 17.3 Å². The molecule has 5 nitrogen and oxygen atoms in total. The molecule has 2 heterocycles. The van der Waals surface area contributed by atoms with E-state index in [1.165, 1.54) is 0 Å². The van der Waals surface area contributed by atoms with Crippen LogP contribution in [0.15, 0.2) is 4.42 Å². The summed E-state index contributed by atoms with van der Waals surface area (Å²) in [4.78, 5) is 17.7. The van der Waals surface area contributed by atoms with Gasteiger partial charge in [-0.1, -0.05) is 0 Å². The van der Waals surface area contributed by atoms with E-state index in [0.29, 0.717) is 12.4 Å². The second-order valence-electron chi connectivity index (χ2n) is 4.26. The van der Waals surface area contributed by atoms with Gasteiger partial charge in [-0.15, -0.1) is 0 Å². The Morgan fingerprint density at radius 1 is 1.56 bits per heavy atom. The molecule has 1 aliphatic rings. The van der Waals surface area contributed by atoms with Crippen molar-refractivity contribution in [1.82, 2.24) is 9.88 Å². The quantitative estimate of drug-likeness (QED) is 0.802. The molecule has 5 heteroatoms. The van der Waals surface area contributed by atoms with Crippen LogP contribution >= 0.6 is 0 Å². The Hall–Kier alpha value is -1.36. The van der Waals surface area contributed by atoms with Crippen molar-refractivity contribution >= 4 is 5.91 Å². The minimum Gasteiger partial charge on any atom is -0.444 e. The highest BCUT2D eigenvalue weighted by Crippen LogP contribution is 2.15. The smallest absolute Gasteiger partial charge is 0.239 e. The van der Waals surface area contributed by atoms with Crippen molar-refractivity contribution in [2.75, 3.05) is 6.54 Å². The Kier molecular flexibility index (Phi) is 2.96. The number of oxazole rings is 1. The third-order valence-electron chi connectivity index (χ3n) is 2.97. The third-order valence-corrected chi connectivity index (χ3v) is 2.97. The molecular formula is C11H17N3O2. The maximum absolute atomic E-state index is 11.8. The lowest BCUT2D eigenvalue weighted by molar-refractivity contribution is -0.135. The van der Waals surface area contributed by atoms with Crippen LogP contribution in [0.1, 0.15) is 30.2 Å². The van der Waals surface area contributed by atoms with Crippen LogP contribution in [0.3, 0.4) is 0 Å². The van der Waals surface area contributed by atoms with Crippen LogP contribution < -0.4 is 5.73 Å². The summed E-state index contributed by atoms with van der Waals surface area (Å²) >= 11 is 0. The van der Waals surface area contributed by atoms with E-state index >= 15 is 0 Å². The summed E-state index contributed by atoms with van der Waals surface area (Å²) in [6.07, 6.45) is 1.73. The summed E-state index contributed by atoms with van der Waals surface area (Å²) in [5, 5.41) is 0. The highest BCUT2D eigenvalue weighted by Gasteiger charge is 2.26. The van der Waals surface area contributed by atoms with Gasteiger partial charge in [0.2, 0.25) is 11.8 Å². The standard InChI is InChI=1S/C11H17N3O2/c1-7-8(2)16-10(13-7)6-14-5-3-4-9(12)11(14)15/h9H,3-6,12H2,1-2H3. The summed E-state index contributed by atoms with van der Waals surface area (Å²) in [6.45, 7) is 4.94. The fourth-order valence-corrected chi connectivity index (χ4v) is 1.90. The summed E-state index contributed by atoms with van der Waals surface area (Å²) in [7, 11) is 0. The zero-order chi connectivity index (χ0) is 11.7. The topological polar surface area (TPSA) is 72.4 Å². The van der Waals surface area contributed by atoms with Crippen LogP contribution in [0.25, 0.3) is 0 Å². The molecule has 0 bridgehead atoms. The van der Waals surface area contributed by atoms with Crippen molar-refractivity contribution in [1.29, 1.82) is 0 Å². The number of carbonyl (C=O) groups excluding carboxylic acids is 1. The van der Waals surface area contributed by atoms with E-state index < -0.39 is 0 Å². The lowest BCUT2D eigenvalue weighted by Gasteiger charge is -2.29. The Morgan fingerprint density at radius 3 is 2.94 bits per heavy atom. The molecule has 0 aromatic carbocycles. The predicted octanol–water partition coefficient (Wildman–Crippen LogP) is 0.741. The molecule has 1 aromatic heterocycles. The first-order valence-corrected chi connectivity index (χ1v) is 5.55. The number of aromatic nitrogens is 1. The minimum atomic E-state index is -0.356. The van der Waals surface area contributed by atoms with Crippen LogP contribution in [0, 0.1) is 13.8 Å². The highest BCUT2D eigenvalue weighted by molar-refractivity contribution is 5.82.